The Morgan fingerprint density at radius 3 is 2.79 bits per heavy atom. The topological polar surface area (TPSA) is 68.3 Å². The maximum absolute atomic E-state index is 11.0. The molecule has 5 heteroatoms. The van der Waals surface area contributed by atoms with Crippen LogP contribution in [0.1, 0.15) is 5.76 Å². The van der Waals surface area contributed by atoms with Crippen LogP contribution in [-0.2, 0) is 11.3 Å². The second-order valence-corrected chi connectivity index (χ2v) is 4.31. The largest absolute Gasteiger partial charge is 0.480 e. The minimum absolute atomic E-state index is 0.143. The average molecular weight is 256 g/mol. The third-order valence-electron chi connectivity index (χ3n) is 2.91. The van der Waals surface area contributed by atoms with Gasteiger partial charge in [-0.15, -0.1) is 0 Å². The van der Waals surface area contributed by atoms with Crippen LogP contribution < -0.4 is 0 Å². The Balaban J connectivity index is 2.25. The molecule has 1 aromatic carbocycles. The second-order valence-electron chi connectivity index (χ2n) is 4.31. The second kappa shape index (κ2) is 4.28. The van der Waals surface area contributed by atoms with Crippen LogP contribution in [0.3, 0.4) is 0 Å². The summed E-state index contributed by atoms with van der Waals surface area (Å²) in [7, 11) is 0. The minimum atomic E-state index is -0.910. The average Bonchev–Trinajstić information content (AvgIpc) is 2.94. The van der Waals surface area contributed by atoms with E-state index in [4.69, 9.17) is 9.52 Å². The normalized spacial score (nSPS) is 11.0. The third-order valence-corrected chi connectivity index (χ3v) is 2.91. The van der Waals surface area contributed by atoms with E-state index in [0.717, 1.165) is 16.8 Å². The Hall–Kier alpha value is -2.56. The number of imidazole rings is 1. The van der Waals surface area contributed by atoms with E-state index in [1.54, 1.807) is 10.6 Å². The Kier molecular flexibility index (Phi) is 2.59. The van der Waals surface area contributed by atoms with E-state index >= 15 is 0 Å². The lowest BCUT2D eigenvalue weighted by molar-refractivity contribution is -0.137. The van der Waals surface area contributed by atoms with Gasteiger partial charge in [0.05, 0.1) is 11.0 Å². The van der Waals surface area contributed by atoms with Crippen molar-refractivity contribution in [2.24, 2.45) is 0 Å². The number of rotatable bonds is 3. The monoisotopic (exact) mass is 256 g/mol. The lowest BCUT2D eigenvalue weighted by Gasteiger charge is -2.03. The predicted octanol–water partition coefficient (Wildman–Crippen LogP) is 2.69. The highest BCUT2D eigenvalue weighted by Crippen LogP contribution is 2.26. The van der Waals surface area contributed by atoms with E-state index in [-0.39, 0.29) is 6.54 Å². The first-order valence-electron chi connectivity index (χ1n) is 5.89. The van der Waals surface area contributed by atoms with E-state index in [1.807, 2.05) is 37.3 Å². The molecular formula is C14H12N2O3. The first-order valence-corrected chi connectivity index (χ1v) is 5.89. The van der Waals surface area contributed by atoms with Crippen LogP contribution in [0.25, 0.3) is 22.6 Å². The summed E-state index contributed by atoms with van der Waals surface area (Å²) in [6, 6.07) is 11.1. The van der Waals surface area contributed by atoms with E-state index in [2.05, 4.69) is 4.98 Å². The number of hydrogen-bond acceptors (Lipinski definition) is 3. The van der Waals surface area contributed by atoms with Crippen LogP contribution in [0.4, 0.5) is 0 Å². The number of para-hydroxylation sites is 2. The highest BCUT2D eigenvalue weighted by molar-refractivity contribution is 5.82. The van der Waals surface area contributed by atoms with Crippen LogP contribution in [-0.4, -0.2) is 20.6 Å². The van der Waals surface area contributed by atoms with Gasteiger partial charge in [0.25, 0.3) is 0 Å². The summed E-state index contributed by atoms with van der Waals surface area (Å²) in [6.07, 6.45) is 0. The van der Waals surface area contributed by atoms with Crippen LogP contribution in [0.2, 0.25) is 0 Å². The van der Waals surface area contributed by atoms with Gasteiger partial charge in [0.1, 0.15) is 12.3 Å². The number of carboxylic acid groups (broad SMARTS) is 1. The summed E-state index contributed by atoms with van der Waals surface area (Å²) in [5.74, 6) is 0.975. The van der Waals surface area contributed by atoms with Crippen molar-refractivity contribution in [1.82, 2.24) is 9.55 Å². The number of hydrogen-bond donors (Lipinski definition) is 1. The summed E-state index contributed by atoms with van der Waals surface area (Å²) < 4.78 is 7.19. The first kappa shape index (κ1) is 11.5. The number of carboxylic acids is 1. The van der Waals surface area contributed by atoms with Gasteiger partial charge in [0, 0.05) is 0 Å². The Labute approximate surface area is 109 Å². The van der Waals surface area contributed by atoms with Crippen LogP contribution >= 0.6 is 0 Å². The third kappa shape index (κ3) is 1.99. The lowest BCUT2D eigenvalue weighted by Crippen LogP contribution is -2.09. The van der Waals surface area contributed by atoms with E-state index < -0.39 is 5.97 Å². The quantitative estimate of drug-likeness (QED) is 0.782. The molecule has 0 atom stereocenters. The number of carbonyl (C=O) groups is 1. The fraction of sp³-hybridized carbons (Fsp3) is 0.143. The summed E-state index contributed by atoms with van der Waals surface area (Å²) >= 11 is 0. The maximum atomic E-state index is 11.0. The van der Waals surface area contributed by atoms with Gasteiger partial charge in [-0.3, -0.25) is 4.79 Å². The molecular weight excluding hydrogens is 244 g/mol. The van der Waals surface area contributed by atoms with Crippen LogP contribution in [0.15, 0.2) is 40.8 Å². The molecule has 0 saturated heterocycles. The molecule has 2 heterocycles. The molecule has 0 aliphatic carbocycles. The molecule has 1 N–H and O–H groups in total. The van der Waals surface area contributed by atoms with Gasteiger partial charge in [0.15, 0.2) is 11.6 Å². The summed E-state index contributed by atoms with van der Waals surface area (Å²) in [4.78, 5) is 15.5. The molecule has 0 unspecified atom stereocenters. The van der Waals surface area contributed by atoms with Crippen molar-refractivity contribution in [2.75, 3.05) is 0 Å². The van der Waals surface area contributed by atoms with Crippen molar-refractivity contribution < 1.29 is 14.3 Å². The fourth-order valence-electron chi connectivity index (χ4n) is 2.11. The zero-order chi connectivity index (χ0) is 13.4. The smallest absolute Gasteiger partial charge is 0.323 e. The van der Waals surface area contributed by atoms with Crippen molar-refractivity contribution in [3.05, 3.63) is 42.2 Å². The number of aliphatic carboxylic acids is 1. The maximum Gasteiger partial charge on any atom is 0.323 e. The van der Waals surface area contributed by atoms with Crippen molar-refractivity contribution in [3.8, 4) is 11.6 Å². The van der Waals surface area contributed by atoms with Gasteiger partial charge in [-0.1, -0.05) is 12.1 Å². The highest BCUT2D eigenvalue weighted by Gasteiger charge is 2.16. The summed E-state index contributed by atoms with van der Waals surface area (Å²) in [5, 5.41) is 9.04. The van der Waals surface area contributed by atoms with Gasteiger partial charge in [-0.05, 0) is 31.2 Å². The Morgan fingerprint density at radius 1 is 1.32 bits per heavy atom. The lowest BCUT2D eigenvalue weighted by atomic mass is 10.3. The SMILES string of the molecule is Cc1ccc(-c2nc3ccccc3n2CC(=O)O)o1. The number of aromatic nitrogens is 2. The Morgan fingerprint density at radius 2 is 2.11 bits per heavy atom. The number of fused-ring (bicyclic) bond motifs is 1. The van der Waals surface area contributed by atoms with E-state index in [1.165, 1.54) is 0 Å². The molecule has 0 radical (unpaired) electrons. The molecule has 0 aliphatic heterocycles. The highest BCUT2D eigenvalue weighted by atomic mass is 16.4. The molecule has 19 heavy (non-hydrogen) atoms. The van der Waals surface area contributed by atoms with Gasteiger partial charge < -0.3 is 14.1 Å². The summed E-state index contributed by atoms with van der Waals surface area (Å²) in [5.41, 5.74) is 1.54. The van der Waals surface area contributed by atoms with Crippen molar-refractivity contribution in [1.29, 1.82) is 0 Å². The fourth-order valence-corrected chi connectivity index (χ4v) is 2.11. The zero-order valence-corrected chi connectivity index (χ0v) is 10.3. The molecule has 0 saturated carbocycles. The van der Waals surface area contributed by atoms with Crippen molar-refractivity contribution in [3.63, 3.8) is 0 Å². The van der Waals surface area contributed by atoms with Crippen LogP contribution in [0.5, 0.6) is 0 Å². The Bertz CT molecular complexity index is 755. The van der Waals surface area contributed by atoms with E-state index in [0.29, 0.717) is 11.6 Å². The molecule has 0 amide bonds. The van der Waals surface area contributed by atoms with E-state index in [9.17, 15) is 4.79 Å². The first-order chi connectivity index (χ1) is 9.15. The standard InChI is InChI=1S/C14H12N2O3/c1-9-6-7-12(19-9)14-15-10-4-2-3-5-11(10)16(14)8-13(17)18/h2-7H,8H2,1H3,(H,17,18). The number of aryl methyl sites for hydroxylation is 1. The van der Waals surface area contributed by atoms with Crippen molar-refractivity contribution >= 4 is 17.0 Å². The van der Waals surface area contributed by atoms with Crippen molar-refractivity contribution in [2.45, 2.75) is 13.5 Å². The predicted molar refractivity (Wildman–Crippen MR) is 69.8 cm³/mol. The van der Waals surface area contributed by atoms with Gasteiger partial charge in [-0.2, -0.15) is 0 Å². The minimum Gasteiger partial charge on any atom is -0.480 e. The number of nitrogens with zero attached hydrogens (tertiary/aromatic N) is 2. The van der Waals surface area contributed by atoms with Crippen LogP contribution in [0, 0.1) is 6.92 Å². The zero-order valence-electron chi connectivity index (χ0n) is 10.3. The summed E-state index contributed by atoms with van der Waals surface area (Å²) in [6.45, 7) is 1.70. The molecule has 2 aromatic heterocycles. The number of benzene rings is 1. The molecule has 0 aliphatic rings. The molecule has 0 bridgehead atoms. The molecule has 96 valence electrons. The molecule has 5 nitrogen and oxygen atoms in total. The molecule has 3 aromatic rings. The number of furan rings is 1. The molecule has 0 fully saturated rings. The molecule has 0 spiro atoms. The van der Waals surface area contributed by atoms with Gasteiger partial charge in [-0.25, -0.2) is 4.98 Å². The molecule has 3 rings (SSSR count). The van der Waals surface area contributed by atoms with Gasteiger partial charge >= 0.3 is 5.97 Å². The van der Waals surface area contributed by atoms with Gasteiger partial charge in [0.2, 0.25) is 0 Å².